The van der Waals surface area contributed by atoms with Crippen LogP contribution in [0.2, 0.25) is 5.02 Å². The number of carbonyl (C=O) groups excluding carboxylic acids is 1. The quantitative estimate of drug-likeness (QED) is 0.525. The Hall–Kier alpha value is -2.40. The molecule has 0 unspecified atom stereocenters. The maximum Gasteiger partial charge on any atom is 0.436 e. The first kappa shape index (κ1) is 21.3. The van der Waals surface area contributed by atoms with E-state index in [1.165, 1.54) is 23.9 Å². The highest BCUT2D eigenvalue weighted by molar-refractivity contribution is 9.10. The third-order valence-electron chi connectivity index (χ3n) is 3.96. The molecule has 0 radical (unpaired) electrons. The number of benzene rings is 1. The van der Waals surface area contributed by atoms with Crippen LogP contribution >= 0.6 is 27.5 Å². The van der Waals surface area contributed by atoms with Gasteiger partial charge in [0.25, 0.3) is 0 Å². The zero-order valence-corrected chi connectivity index (χ0v) is 17.1. The first-order chi connectivity index (χ1) is 13.6. The number of nitrogens with zero attached hydrogens (tertiary/aromatic N) is 4. The molecule has 29 heavy (non-hydrogen) atoms. The van der Waals surface area contributed by atoms with E-state index in [2.05, 4.69) is 31.4 Å². The number of rotatable bonds is 5. The van der Waals surface area contributed by atoms with Gasteiger partial charge in [-0.2, -0.15) is 23.4 Å². The molecule has 0 fully saturated rings. The van der Waals surface area contributed by atoms with Crippen LogP contribution in [0.4, 0.5) is 23.4 Å². The zero-order chi connectivity index (χ0) is 21.3. The molecule has 0 saturated heterocycles. The lowest BCUT2D eigenvalue weighted by molar-refractivity contribution is -0.142. The smallest absolute Gasteiger partial charge is 0.306 e. The summed E-state index contributed by atoms with van der Waals surface area (Å²) in [6.07, 6.45) is -3.25. The SMILES string of the molecule is Cc1c(Br)c(C(F)(F)F)nn1CC(=O)Nc1nn(Cc2ccccc2F)cc1Cl. The molecule has 12 heteroatoms. The van der Waals surface area contributed by atoms with Crippen LogP contribution in [-0.2, 0) is 24.1 Å². The molecule has 0 atom stereocenters. The summed E-state index contributed by atoms with van der Waals surface area (Å²) in [7, 11) is 0. The molecule has 1 N–H and O–H groups in total. The van der Waals surface area contributed by atoms with Crippen LogP contribution in [0.1, 0.15) is 17.0 Å². The van der Waals surface area contributed by atoms with E-state index >= 15 is 0 Å². The average molecular weight is 495 g/mol. The highest BCUT2D eigenvalue weighted by Gasteiger charge is 2.38. The molecule has 1 aromatic carbocycles. The highest BCUT2D eigenvalue weighted by atomic mass is 79.9. The van der Waals surface area contributed by atoms with E-state index in [-0.39, 0.29) is 27.6 Å². The third-order valence-corrected chi connectivity index (χ3v) is 5.19. The Bertz CT molecular complexity index is 1060. The zero-order valence-electron chi connectivity index (χ0n) is 14.8. The van der Waals surface area contributed by atoms with Crippen LogP contribution < -0.4 is 5.32 Å². The number of alkyl halides is 3. The van der Waals surface area contributed by atoms with Gasteiger partial charge in [-0.15, -0.1) is 0 Å². The van der Waals surface area contributed by atoms with E-state index in [0.717, 1.165) is 4.68 Å². The number of nitrogens with one attached hydrogen (secondary N) is 1. The monoisotopic (exact) mass is 493 g/mol. The molecule has 2 heterocycles. The van der Waals surface area contributed by atoms with E-state index in [4.69, 9.17) is 11.6 Å². The Balaban J connectivity index is 1.72. The molecular formula is C17H13BrClF4N5O. The van der Waals surface area contributed by atoms with Crippen LogP contribution in [0.3, 0.4) is 0 Å². The van der Waals surface area contributed by atoms with Gasteiger partial charge in [0, 0.05) is 11.8 Å². The summed E-state index contributed by atoms with van der Waals surface area (Å²) >= 11 is 8.89. The molecule has 2 aromatic heterocycles. The second-order valence-electron chi connectivity index (χ2n) is 6.07. The van der Waals surface area contributed by atoms with Crippen LogP contribution in [0, 0.1) is 12.7 Å². The average Bonchev–Trinajstić information content (AvgIpc) is 3.10. The van der Waals surface area contributed by atoms with Crippen molar-refractivity contribution in [1.82, 2.24) is 19.6 Å². The van der Waals surface area contributed by atoms with Gasteiger partial charge in [0.2, 0.25) is 5.91 Å². The molecule has 0 aliphatic heterocycles. The predicted molar refractivity (Wildman–Crippen MR) is 101 cm³/mol. The lowest BCUT2D eigenvalue weighted by Crippen LogP contribution is -2.21. The van der Waals surface area contributed by atoms with Crippen molar-refractivity contribution in [2.75, 3.05) is 5.32 Å². The van der Waals surface area contributed by atoms with E-state index in [1.54, 1.807) is 18.2 Å². The van der Waals surface area contributed by atoms with Crippen LogP contribution in [-0.4, -0.2) is 25.5 Å². The molecule has 1 amide bonds. The lowest BCUT2D eigenvalue weighted by atomic mass is 10.2. The minimum absolute atomic E-state index is 0.00734. The van der Waals surface area contributed by atoms with Crippen molar-refractivity contribution in [2.24, 2.45) is 0 Å². The lowest BCUT2D eigenvalue weighted by Gasteiger charge is -2.06. The highest BCUT2D eigenvalue weighted by Crippen LogP contribution is 2.35. The van der Waals surface area contributed by atoms with E-state index < -0.39 is 30.1 Å². The van der Waals surface area contributed by atoms with Crippen molar-refractivity contribution >= 4 is 39.3 Å². The number of carbonyl (C=O) groups is 1. The number of hydrogen-bond donors (Lipinski definition) is 1. The van der Waals surface area contributed by atoms with Crippen LogP contribution in [0.15, 0.2) is 34.9 Å². The molecule has 3 aromatic rings. The van der Waals surface area contributed by atoms with Crippen LogP contribution in [0.25, 0.3) is 0 Å². The number of hydrogen-bond acceptors (Lipinski definition) is 3. The molecule has 6 nitrogen and oxygen atoms in total. The van der Waals surface area contributed by atoms with Crippen molar-refractivity contribution in [3.8, 4) is 0 Å². The Morgan fingerprint density at radius 1 is 1.28 bits per heavy atom. The first-order valence-corrected chi connectivity index (χ1v) is 9.29. The van der Waals surface area contributed by atoms with E-state index in [0.29, 0.717) is 5.56 Å². The minimum atomic E-state index is -4.65. The van der Waals surface area contributed by atoms with Gasteiger partial charge < -0.3 is 5.32 Å². The second-order valence-corrected chi connectivity index (χ2v) is 7.27. The van der Waals surface area contributed by atoms with Crippen molar-refractivity contribution in [1.29, 1.82) is 0 Å². The summed E-state index contributed by atoms with van der Waals surface area (Å²) in [5, 5.41) is 10.0. The fourth-order valence-corrected chi connectivity index (χ4v) is 3.24. The van der Waals surface area contributed by atoms with Crippen LogP contribution in [0.5, 0.6) is 0 Å². The van der Waals surface area contributed by atoms with Crippen molar-refractivity contribution in [2.45, 2.75) is 26.2 Å². The summed E-state index contributed by atoms with van der Waals surface area (Å²) in [6, 6.07) is 6.12. The normalized spacial score (nSPS) is 11.7. The molecule has 0 aliphatic carbocycles. The van der Waals surface area contributed by atoms with Gasteiger partial charge in [-0.25, -0.2) is 4.39 Å². The molecule has 0 aliphatic rings. The summed E-state index contributed by atoms with van der Waals surface area (Å²) in [4.78, 5) is 12.2. The number of halogens is 6. The number of aromatic nitrogens is 4. The minimum Gasteiger partial charge on any atom is -0.306 e. The van der Waals surface area contributed by atoms with Gasteiger partial charge in [0.05, 0.1) is 16.7 Å². The van der Waals surface area contributed by atoms with Gasteiger partial charge >= 0.3 is 6.18 Å². The molecular weight excluding hydrogens is 482 g/mol. The topological polar surface area (TPSA) is 64.7 Å². The fourth-order valence-electron chi connectivity index (χ4n) is 2.53. The maximum atomic E-state index is 13.8. The number of anilines is 1. The molecule has 154 valence electrons. The summed E-state index contributed by atoms with van der Waals surface area (Å²) in [5.74, 6) is -1.08. The van der Waals surface area contributed by atoms with Gasteiger partial charge in [-0.05, 0) is 28.9 Å². The van der Waals surface area contributed by atoms with Crippen molar-refractivity contribution < 1.29 is 22.4 Å². The maximum absolute atomic E-state index is 13.8. The molecule has 0 saturated carbocycles. The Labute approximate surface area is 175 Å². The molecule has 0 spiro atoms. The van der Waals surface area contributed by atoms with E-state index in [1.807, 2.05) is 0 Å². The second kappa shape index (κ2) is 8.15. The number of amides is 1. The predicted octanol–water partition coefficient (Wildman–Crippen LogP) is 4.65. The van der Waals surface area contributed by atoms with Gasteiger partial charge in [0.1, 0.15) is 17.4 Å². The summed E-state index contributed by atoms with van der Waals surface area (Å²) in [5.41, 5.74) is -0.597. The summed E-state index contributed by atoms with van der Waals surface area (Å²) < 4.78 is 54.6. The summed E-state index contributed by atoms with van der Waals surface area (Å²) in [6.45, 7) is 1.01. The van der Waals surface area contributed by atoms with Gasteiger partial charge in [-0.3, -0.25) is 14.2 Å². The Morgan fingerprint density at radius 2 is 1.97 bits per heavy atom. The van der Waals surface area contributed by atoms with E-state index in [9.17, 15) is 22.4 Å². The van der Waals surface area contributed by atoms with Gasteiger partial charge in [0.15, 0.2) is 11.5 Å². The van der Waals surface area contributed by atoms with Crippen molar-refractivity contribution in [3.05, 3.63) is 62.7 Å². The standard InChI is InChI=1S/C17H13BrClF4N5O/c1-9-14(18)15(17(21,22)23)25-28(9)8-13(29)24-16-11(19)7-27(26-16)6-10-4-2-3-5-12(10)20/h2-5,7H,6,8H2,1H3,(H,24,26,29). The Kier molecular flexibility index (Phi) is 5.99. The largest absolute Gasteiger partial charge is 0.436 e. The third kappa shape index (κ3) is 4.78. The van der Waals surface area contributed by atoms with Crippen molar-refractivity contribution in [3.63, 3.8) is 0 Å². The molecule has 0 bridgehead atoms. The fraction of sp³-hybridized carbons (Fsp3) is 0.235. The molecule has 3 rings (SSSR count). The Morgan fingerprint density at radius 3 is 2.59 bits per heavy atom. The first-order valence-electron chi connectivity index (χ1n) is 8.12. The van der Waals surface area contributed by atoms with Gasteiger partial charge in [-0.1, -0.05) is 29.8 Å².